The molecule has 0 amide bonds. The Kier molecular flexibility index (Phi) is 6.55. The summed E-state index contributed by atoms with van der Waals surface area (Å²) < 4.78 is 32.4. The van der Waals surface area contributed by atoms with Crippen LogP contribution in [0, 0.1) is 17.8 Å². The lowest BCUT2D eigenvalue weighted by Gasteiger charge is -2.31. The highest BCUT2D eigenvalue weighted by Gasteiger charge is 2.34. The average Bonchev–Trinajstić information content (AvgIpc) is 2.67. The fourth-order valence-corrected chi connectivity index (χ4v) is 5.48. The first-order chi connectivity index (χ1) is 12.9. The summed E-state index contributed by atoms with van der Waals surface area (Å²) in [6.45, 7) is 3.16. The minimum Gasteiger partial charge on any atom is -0.465 e. The first kappa shape index (κ1) is 20.3. The van der Waals surface area contributed by atoms with Crippen molar-refractivity contribution in [2.24, 2.45) is 17.8 Å². The lowest BCUT2D eigenvalue weighted by Crippen LogP contribution is -2.41. The third-order valence-corrected chi connectivity index (χ3v) is 7.83. The van der Waals surface area contributed by atoms with Crippen molar-refractivity contribution in [3.05, 3.63) is 35.6 Å². The maximum Gasteiger partial charge on any atom is 0.309 e. The van der Waals surface area contributed by atoms with E-state index in [4.69, 9.17) is 16.3 Å². The Morgan fingerprint density at radius 3 is 2.67 bits per heavy atom. The van der Waals surface area contributed by atoms with Crippen LogP contribution in [0.2, 0.25) is 5.15 Å². The maximum atomic E-state index is 12.7. The molecule has 6 nitrogen and oxygen atoms in total. The predicted octanol–water partition coefficient (Wildman–Crippen LogP) is 3.28. The number of ether oxygens (including phenoxy) is 1. The summed E-state index contributed by atoms with van der Waals surface area (Å²) in [4.78, 5) is 16.2. The number of sulfonamides is 1. The van der Waals surface area contributed by atoms with Crippen molar-refractivity contribution in [3.63, 3.8) is 0 Å². The van der Waals surface area contributed by atoms with Crippen molar-refractivity contribution in [1.82, 2.24) is 9.29 Å². The quantitative estimate of drug-likeness (QED) is 0.421. The average molecular weight is 413 g/mol. The number of hydrogen-bond donors (Lipinski definition) is 0. The number of nitrogens with zero attached hydrogens (tertiary/aromatic N) is 2. The third kappa shape index (κ3) is 4.70. The van der Waals surface area contributed by atoms with E-state index in [1.165, 1.54) is 16.6 Å². The zero-order valence-electron chi connectivity index (χ0n) is 15.4. The fourth-order valence-electron chi connectivity index (χ4n) is 3.58. The molecule has 1 aliphatic heterocycles. The predicted molar refractivity (Wildman–Crippen MR) is 103 cm³/mol. The molecule has 0 saturated carbocycles. The van der Waals surface area contributed by atoms with Crippen LogP contribution in [0.5, 0.6) is 0 Å². The summed E-state index contributed by atoms with van der Waals surface area (Å²) >= 11 is 5.94. The number of pyridine rings is 1. The number of halogens is 1. The largest absolute Gasteiger partial charge is 0.465 e. The molecule has 2 aliphatic rings. The number of esters is 1. The first-order valence-electron chi connectivity index (χ1n) is 9.32. The van der Waals surface area contributed by atoms with Gasteiger partial charge in [0.1, 0.15) is 10.0 Å². The summed E-state index contributed by atoms with van der Waals surface area (Å²) in [6.07, 6.45) is 8.64. The SMILES string of the molecule is C[C@@H]1CC=CC[C@H]1COC(=O)C1CCN(S(=O)(=O)c2cccnc2Cl)CC1. The highest BCUT2D eigenvalue weighted by Crippen LogP contribution is 2.29. The molecule has 3 rings (SSSR count). The van der Waals surface area contributed by atoms with Crippen molar-refractivity contribution >= 4 is 27.6 Å². The Morgan fingerprint density at radius 2 is 2.00 bits per heavy atom. The lowest BCUT2D eigenvalue weighted by atomic mass is 9.85. The summed E-state index contributed by atoms with van der Waals surface area (Å²) in [5, 5.41) is -0.0327. The Bertz CT molecular complexity index is 804. The van der Waals surface area contributed by atoms with Gasteiger partial charge >= 0.3 is 5.97 Å². The monoisotopic (exact) mass is 412 g/mol. The van der Waals surface area contributed by atoms with E-state index in [0.717, 1.165) is 12.8 Å². The second kappa shape index (κ2) is 8.71. The van der Waals surface area contributed by atoms with E-state index in [2.05, 4.69) is 24.1 Å². The van der Waals surface area contributed by atoms with Gasteiger partial charge in [-0.1, -0.05) is 30.7 Å². The van der Waals surface area contributed by atoms with Crippen molar-refractivity contribution in [2.75, 3.05) is 19.7 Å². The van der Waals surface area contributed by atoms with Crippen LogP contribution in [0.25, 0.3) is 0 Å². The number of carbonyl (C=O) groups excluding carboxylic acids is 1. The van der Waals surface area contributed by atoms with Crippen LogP contribution in [-0.2, 0) is 19.6 Å². The first-order valence-corrected chi connectivity index (χ1v) is 11.1. The maximum absolute atomic E-state index is 12.7. The van der Waals surface area contributed by atoms with E-state index >= 15 is 0 Å². The van der Waals surface area contributed by atoms with Gasteiger partial charge in [0, 0.05) is 19.3 Å². The normalized spacial score (nSPS) is 24.7. The molecule has 148 valence electrons. The van der Waals surface area contributed by atoms with Crippen LogP contribution in [-0.4, -0.2) is 43.4 Å². The molecule has 1 aromatic rings. The van der Waals surface area contributed by atoms with E-state index < -0.39 is 10.0 Å². The van der Waals surface area contributed by atoms with Crippen LogP contribution in [0.1, 0.15) is 32.6 Å². The van der Waals surface area contributed by atoms with Crippen molar-refractivity contribution in [2.45, 2.75) is 37.5 Å². The van der Waals surface area contributed by atoms with Crippen LogP contribution in [0.3, 0.4) is 0 Å². The smallest absolute Gasteiger partial charge is 0.309 e. The zero-order chi connectivity index (χ0) is 19.4. The van der Waals surface area contributed by atoms with Crippen molar-refractivity contribution < 1.29 is 17.9 Å². The molecule has 0 spiro atoms. The molecule has 8 heteroatoms. The number of rotatable bonds is 5. The van der Waals surface area contributed by atoms with Gasteiger partial charge in [0.05, 0.1) is 12.5 Å². The van der Waals surface area contributed by atoms with Gasteiger partial charge in [-0.2, -0.15) is 4.31 Å². The number of allylic oxidation sites excluding steroid dienone is 2. The Hall–Kier alpha value is -1.44. The van der Waals surface area contributed by atoms with Gasteiger partial charge in [-0.3, -0.25) is 4.79 Å². The van der Waals surface area contributed by atoms with Crippen LogP contribution in [0.15, 0.2) is 35.4 Å². The summed E-state index contributed by atoms with van der Waals surface area (Å²) in [5.41, 5.74) is 0. The second-order valence-electron chi connectivity index (χ2n) is 7.28. The molecular formula is C19H25ClN2O4S. The van der Waals surface area contributed by atoms with Gasteiger partial charge in [0.2, 0.25) is 10.0 Å². The van der Waals surface area contributed by atoms with Crippen LogP contribution in [0.4, 0.5) is 0 Å². The Morgan fingerprint density at radius 1 is 1.30 bits per heavy atom. The van der Waals surface area contributed by atoms with Crippen molar-refractivity contribution in [1.29, 1.82) is 0 Å². The topological polar surface area (TPSA) is 76.6 Å². The van der Waals surface area contributed by atoms with Gasteiger partial charge < -0.3 is 4.74 Å². The Balaban J connectivity index is 1.53. The molecule has 2 heterocycles. The zero-order valence-corrected chi connectivity index (χ0v) is 17.0. The minimum atomic E-state index is -3.70. The molecule has 0 unspecified atom stereocenters. The summed E-state index contributed by atoms with van der Waals surface area (Å²) in [5.74, 6) is 0.412. The van der Waals surface area contributed by atoms with Crippen LogP contribution >= 0.6 is 11.6 Å². The highest BCUT2D eigenvalue weighted by atomic mass is 35.5. The minimum absolute atomic E-state index is 0.00651. The summed E-state index contributed by atoms with van der Waals surface area (Å²) in [6, 6.07) is 3.00. The van der Waals surface area contributed by atoms with Gasteiger partial charge in [-0.05, 0) is 49.7 Å². The summed E-state index contributed by atoms with van der Waals surface area (Å²) in [7, 11) is -3.70. The van der Waals surface area contributed by atoms with Crippen LogP contribution < -0.4 is 0 Å². The van der Waals surface area contributed by atoms with Gasteiger partial charge in [-0.25, -0.2) is 13.4 Å². The van der Waals surface area contributed by atoms with Gasteiger partial charge in [0.25, 0.3) is 0 Å². The molecular weight excluding hydrogens is 388 g/mol. The third-order valence-electron chi connectivity index (χ3n) is 5.49. The second-order valence-corrected chi connectivity index (χ2v) is 9.55. The van der Waals surface area contributed by atoms with E-state index in [1.807, 2.05) is 0 Å². The molecule has 1 fully saturated rings. The highest BCUT2D eigenvalue weighted by molar-refractivity contribution is 7.89. The molecule has 0 aromatic carbocycles. The number of carbonyl (C=O) groups is 1. The molecule has 1 aromatic heterocycles. The van der Waals surface area contributed by atoms with Gasteiger partial charge in [-0.15, -0.1) is 0 Å². The van der Waals surface area contributed by atoms with Gasteiger partial charge in [0.15, 0.2) is 0 Å². The standard InChI is InChI=1S/C19H25ClN2O4S/c1-14-5-2-3-6-16(14)13-26-19(23)15-8-11-22(12-9-15)27(24,25)17-7-4-10-21-18(17)20/h2-4,7,10,14-16H,5-6,8-9,11-13H2,1H3/t14-,16+/m1/s1. The molecule has 1 aliphatic carbocycles. The van der Waals surface area contributed by atoms with Crippen molar-refractivity contribution in [3.8, 4) is 0 Å². The fraction of sp³-hybridized carbons (Fsp3) is 0.579. The number of piperidine rings is 1. The van der Waals surface area contributed by atoms with E-state index in [1.54, 1.807) is 6.07 Å². The molecule has 1 saturated heterocycles. The molecule has 27 heavy (non-hydrogen) atoms. The Labute approximate surface area is 165 Å². The molecule has 0 N–H and O–H groups in total. The number of aromatic nitrogens is 1. The lowest BCUT2D eigenvalue weighted by molar-refractivity contribution is -0.151. The van der Waals surface area contributed by atoms with E-state index in [-0.39, 0.29) is 35.0 Å². The number of hydrogen-bond acceptors (Lipinski definition) is 5. The van der Waals surface area contributed by atoms with E-state index in [9.17, 15) is 13.2 Å². The van der Waals surface area contributed by atoms with E-state index in [0.29, 0.717) is 31.3 Å². The molecule has 2 atom stereocenters. The molecule has 0 bridgehead atoms. The molecule has 0 radical (unpaired) electrons.